The van der Waals surface area contributed by atoms with Crippen molar-refractivity contribution in [1.29, 1.82) is 5.26 Å². The van der Waals surface area contributed by atoms with Gasteiger partial charge < -0.3 is 5.32 Å². The molecule has 1 fully saturated rings. The molecule has 1 N–H and O–H groups in total. The molecule has 1 unspecified atom stereocenters. The molecule has 4 heteroatoms. The Balaban J connectivity index is 1.89. The van der Waals surface area contributed by atoms with Gasteiger partial charge in [-0.25, -0.2) is 4.39 Å². The highest BCUT2D eigenvalue weighted by Gasteiger charge is 2.14. The van der Waals surface area contributed by atoms with Gasteiger partial charge in [0.2, 0.25) is 0 Å². The summed E-state index contributed by atoms with van der Waals surface area (Å²) in [6, 6.07) is 6.40. The van der Waals surface area contributed by atoms with Gasteiger partial charge in [-0.1, -0.05) is 0 Å². The van der Waals surface area contributed by atoms with Crippen molar-refractivity contribution < 1.29 is 4.39 Å². The van der Waals surface area contributed by atoms with Crippen LogP contribution in [0.25, 0.3) is 0 Å². The van der Waals surface area contributed by atoms with Crippen LogP contribution in [0.2, 0.25) is 0 Å². The van der Waals surface area contributed by atoms with Crippen molar-refractivity contribution in [2.24, 2.45) is 5.92 Å². The molecule has 1 atom stereocenters. The predicted molar refractivity (Wildman–Crippen MR) is 68.3 cm³/mol. The normalized spacial score (nSPS) is 19.2. The van der Waals surface area contributed by atoms with Gasteiger partial charge in [-0.3, -0.25) is 0 Å². The predicted octanol–water partition coefficient (Wildman–Crippen LogP) is 2.54. The maximum absolute atomic E-state index is 13.1. The van der Waals surface area contributed by atoms with Crippen LogP contribution < -0.4 is 5.32 Å². The van der Waals surface area contributed by atoms with Crippen LogP contribution in [0.4, 0.5) is 4.39 Å². The zero-order valence-electron chi connectivity index (χ0n) is 9.58. The summed E-state index contributed by atoms with van der Waals surface area (Å²) < 4.78 is 13.1. The average Bonchev–Trinajstić information content (AvgIpc) is 2.82. The highest BCUT2D eigenvalue weighted by atomic mass is 32.2. The first-order chi connectivity index (χ1) is 8.29. The Kier molecular flexibility index (Phi) is 4.41. The highest BCUT2D eigenvalue weighted by molar-refractivity contribution is 7.99. The Morgan fingerprint density at radius 3 is 3.12 bits per heavy atom. The second kappa shape index (κ2) is 6.04. The first-order valence-corrected chi connectivity index (χ1v) is 6.92. The van der Waals surface area contributed by atoms with E-state index in [9.17, 15) is 4.39 Å². The van der Waals surface area contributed by atoms with Crippen molar-refractivity contribution in [3.8, 4) is 6.07 Å². The Morgan fingerprint density at radius 1 is 1.53 bits per heavy atom. The van der Waals surface area contributed by atoms with Gasteiger partial charge in [0.15, 0.2) is 0 Å². The molecule has 1 heterocycles. The van der Waals surface area contributed by atoms with E-state index in [-0.39, 0.29) is 5.82 Å². The van der Waals surface area contributed by atoms with E-state index in [1.54, 1.807) is 0 Å². The molecule has 17 heavy (non-hydrogen) atoms. The number of hydrogen-bond acceptors (Lipinski definition) is 3. The van der Waals surface area contributed by atoms with Crippen LogP contribution in [-0.2, 0) is 6.54 Å². The summed E-state index contributed by atoms with van der Waals surface area (Å²) in [6.45, 7) is 1.52. The van der Waals surface area contributed by atoms with Crippen LogP contribution in [0.5, 0.6) is 0 Å². The molecule has 0 amide bonds. The Bertz CT molecular complexity index is 422. The van der Waals surface area contributed by atoms with Gasteiger partial charge >= 0.3 is 0 Å². The monoisotopic (exact) mass is 250 g/mol. The quantitative estimate of drug-likeness (QED) is 0.892. The fourth-order valence-corrected chi connectivity index (χ4v) is 3.26. The molecule has 1 aliphatic rings. The van der Waals surface area contributed by atoms with Gasteiger partial charge in [-0.15, -0.1) is 0 Å². The summed E-state index contributed by atoms with van der Waals surface area (Å²) in [4.78, 5) is 0. The number of nitrogens with zero attached hydrogens (tertiary/aromatic N) is 1. The first kappa shape index (κ1) is 12.4. The zero-order valence-corrected chi connectivity index (χ0v) is 10.4. The molecule has 0 radical (unpaired) electrons. The highest BCUT2D eigenvalue weighted by Crippen LogP contribution is 2.22. The maximum Gasteiger partial charge on any atom is 0.123 e. The standard InChI is InChI=1S/C13H15FN2S/c14-13-2-1-11(6-15)12(5-13)8-16-7-10-3-4-17-9-10/h1-2,5,10,16H,3-4,7-9H2. The number of nitriles is 1. The lowest BCUT2D eigenvalue weighted by Crippen LogP contribution is -2.22. The van der Waals surface area contributed by atoms with E-state index in [0.717, 1.165) is 18.0 Å². The van der Waals surface area contributed by atoms with Crippen molar-refractivity contribution in [1.82, 2.24) is 5.32 Å². The number of thioether (sulfide) groups is 1. The summed E-state index contributed by atoms with van der Waals surface area (Å²) in [5.41, 5.74) is 1.30. The number of hydrogen-bond donors (Lipinski definition) is 1. The minimum Gasteiger partial charge on any atom is -0.312 e. The van der Waals surface area contributed by atoms with Crippen molar-refractivity contribution in [2.45, 2.75) is 13.0 Å². The summed E-state index contributed by atoms with van der Waals surface area (Å²) >= 11 is 1.99. The maximum atomic E-state index is 13.1. The fourth-order valence-electron chi connectivity index (χ4n) is 1.97. The average molecular weight is 250 g/mol. The molecule has 0 bridgehead atoms. The summed E-state index contributed by atoms with van der Waals surface area (Å²) in [5, 5.41) is 12.2. The summed E-state index contributed by atoms with van der Waals surface area (Å²) in [7, 11) is 0. The Morgan fingerprint density at radius 2 is 2.41 bits per heavy atom. The third-order valence-electron chi connectivity index (χ3n) is 2.96. The topological polar surface area (TPSA) is 35.8 Å². The molecule has 1 saturated heterocycles. The Labute approximate surface area is 105 Å². The van der Waals surface area contributed by atoms with Gasteiger partial charge in [0.25, 0.3) is 0 Å². The van der Waals surface area contributed by atoms with Crippen LogP contribution in [-0.4, -0.2) is 18.1 Å². The van der Waals surface area contributed by atoms with Gasteiger partial charge in [0.1, 0.15) is 5.82 Å². The van der Waals surface area contributed by atoms with Crippen LogP contribution in [0.3, 0.4) is 0 Å². The third-order valence-corrected chi connectivity index (χ3v) is 4.19. The molecular weight excluding hydrogens is 235 g/mol. The van der Waals surface area contributed by atoms with Crippen LogP contribution in [0.1, 0.15) is 17.5 Å². The largest absolute Gasteiger partial charge is 0.312 e. The molecule has 1 aliphatic heterocycles. The fraction of sp³-hybridized carbons (Fsp3) is 0.462. The number of halogens is 1. The molecule has 2 nitrogen and oxygen atoms in total. The molecule has 90 valence electrons. The molecule has 0 saturated carbocycles. The van der Waals surface area contributed by atoms with E-state index in [1.807, 2.05) is 11.8 Å². The van der Waals surface area contributed by atoms with Crippen molar-refractivity contribution in [3.05, 3.63) is 35.1 Å². The van der Waals surface area contributed by atoms with Crippen molar-refractivity contribution in [3.63, 3.8) is 0 Å². The SMILES string of the molecule is N#Cc1ccc(F)cc1CNCC1CCSC1. The van der Waals surface area contributed by atoms with Crippen LogP contribution >= 0.6 is 11.8 Å². The second-order valence-electron chi connectivity index (χ2n) is 4.27. The summed E-state index contributed by atoms with van der Waals surface area (Å²) in [6.07, 6.45) is 1.26. The van der Waals surface area contributed by atoms with Crippen molar-refractivity contribution >= 4 is 11.8 Å². The second-order valence-corrected chi connectivity index (χ2v) is 5.42. The van der Waals surface area contributed by atoms with Crippen molar-refractivity contribution in [2.75, 3.05) is 18.1 Å². The zero-order chi connectivity index (χ0) is 12.1. The van der Waals surface area contributed by atoms with Crippen LogP contribution in [0, 0.1) is 23.1 Å². The molecule has 0 aliphatic carbocycles. The third kappa shape index (κ3) is 3.45. The van der Waals surface area contributed by atoms with E-state index >= 15 is 0 Å². The minimum absolute atomic E-state index is 0.280. The van der Waals surface area contributed by atoms with E-state index in [0.29, 0.717) is 12.1 Å². The molecular formula is C13H15FN2S. The van der Waals surface area contributed by atoms with Gasteiger partial charge in [-0.05, 0) is 54.2 Å². The lowest BCUT2D eigenvalue weighted by atomic mass is 10.1. The van der Waals surface area contributed by atoms with Gasteiger partial charge in [-0.2, -0.15) is 17.0 Å². The first-order valence-electron chi connectivity index (χ1n) is 5.76. The Hall–Kier alpha value is -1.05. The van der Waals surface area contributed by atoms with Gasteiger partial charge in [0.05, 0.1) is 11.6 Å². The molecule has 1 aromatic carbocycles. The van der Waals surface area contributed by atoms with E-state index in [2.05, 4.69) is 11.4 Å². The molecule has 0 spiro atoms. The smallest absolute Gasteiger partial charge is 0.123 e. The molecule has 2 rings (SSSR count). The van der Waals surface area contributed by atoms with E-state index in [4.69, 9.17) is 5.26 Å². The molecule has 1 aromatic rings. The lowest BCUT2D eigenvalue weighted by Gasteiger charge is -2.10. The van der Waals surface area contributed by atoms with Crippen LogP contribution in [0.15, 0.2) is 18.2 Å². The van der Waals surface area contributed by atoms with E-state index < -0.39 is 0 Å². The number of benzene rings is 1. The van der Waals surface area contributed by atoms with E-state index in [1.165, 1.54) is 36.1 Å². The summed E-state index contributed by atoms with van der Waals surface area (Å²) in [5.74, 6) is 2.90. The number of nitrogens with one attached hydrogen (secondary N) is 1. The molecule has 0 aromatic heterocycles. The number of rotatable bonds is 4. The minimum atomic E-state index is -0.280. The lowest BCUT2D eigenvalue weighted by molar-refractivity contribution is 0.522. The van der Waals surface area contributed by atoms with Gasteiger partial charge in [0, 0.05) is 6.54 Å².